The molecule has 120 valence electrons. The lowest BCUT2D eigenvalue weighted by atomic mass is 10.2. The lowest BCUT2D eigenvalue weighted by Gasteiger charge is -2.11. The van der Waals surface area contributed by atoms with E-state index in [1.54, 1.807) is 18.2 Å². The van der Waals surface area contributed by atoms with E-state index in [-0.39, 0.29) is 11.3 Å². The number of carbonyl (C=O) groups excluding carboxylic acids is 1. The first-order valence-corrected chi connectivity index (χ1v) is 7.23. The molecule has 0 unspecified atom stereocenters. The van der Waals surface area contributed by atoms with Crippen LogP contribution in [-0.4, -0.2) is 25.1 Å². The van der Waals surface area contributed by atoms with Gasteiger partial charge in [-0.25, -0.2) is 0 Å². The largest absolute Gasteiger partial charge is 0.497 e. The molecule has 0 fully saturated rings. The van der Waals surface area contributed by atoms with E-state index in [1.807, 2.05) is 0 Å². The van der Waals surface area contributed by atoms with Crippen LogP contribution in [0.5, 0.6) is 11.5 Å². The maximum atomic E-state index is 12.3. The zero-order valence-corrected chi connectivity index (χ0v) is 13.9. The zero-order chi connectivity index (χ0) is 17.0. The highest BCUT2D eigenvalue weighted by atomic mass is 79.9. The summed E-state index contributed by atoms with van der Waals surface area (Å²) in [4.78, 5) is 22.7. The number of halogens is 1. The zero-order valence-electron chi connectivity index (χ0n) is 12.3. The van der Waals surface area contributed by atoms with Crippen LogP contribution in [0.2, 0.25) is 0 Å². The van der Waals surface area contributed by atoms with Gasteiger partial charge in [0.25, 0.3) is 11.6 Å². The van der Waals surface area contributed by atoms with Crippen LogP contribution in [0.4, 0.5) is 11.4 Å². The van der Waals surface area contributed by atoms with Crippen molar-refractivity contribution in [2.24, 2.45) is 0 Å². The fraction of sp³-hybridized carbons (Fsp3) is 0.133. The summed E-state index contributed by atoms with van der Waals surface area (Å²) in [5.74, 6) is 0.501. The third-order valence-electron chi connectivity index (χ3n) is 3.06. The molecule has 0 saturated carbocycles. The second-order valence-corrected chi connectivity index (χ2v) is 5.30. The fourth-order valence-electron chi connectivity index (χ4n) is 1.90. The van der Waals surface area contributed by atoms with E-state index in [9.17, 15) is 14.9 Å². The number of rotatable bonds is 5. The van der Waals surface area contributed by atoms with Crippen LogP contribution in [0, 0.1) is 10.1 Å². The molecule has 0 aliphatic rings. The smallest absolute Gasteiger partial charge is 0.284 e. The molecule has 0 aliphatic carbocycles. The quantitative estimate of drug-likeness (QED) is 0.631. The summed E-state index contributed by atoms with van der Waals surface area (Å²) in [5, 5.41) is 13.6. The van der Waals surface area contributed by atoms with E-state index in [2.05, 4.69) is 21.2 Å². The number of nitro groups is 1. The first-order valence-electron chi connectivity index (χ1n) is 6.43. The number of nitrogens with one attached hydrogen (secondary N) is 1. The normalized spacial score (nSPS) is 10.0. The van der Waals surface area contributed by atoms with Gasteiger partial charge in [0.2, 0.25) is 0 Å². The molecular formula is C15H13BrN2O5. The van der Waals surface area contributed by atoms with Crippen molar-refractivity contribution in [3.63, 3.8) is 0 Å². The molecule has 0 aliphatic heterocycles. The van der Waals surface area contributed by atoms with Crippen molar-refractivity contribution in [2.45, 2.75) is 0 Å². The topological polar surface area (TPSA) is 90.7 Å². The number of amides is 1. The lowest BCUT2D eigenvalue weighted by Crippen LogP contribution is -2.13. The second-order valence-electron chi connectivity index (χ2n) is 4.44. The highest BCUT2D eigenvalue weighted by Crippen LogP contribution is 2.30. The molecule has 7 nitrogen and oxygen atoms in total. The number of methoxy groups -OCH3 is 2. The average Bonchev–Trinajstić information content (AvgIpc) is 2.54. The van der Waals surface area contributed by atoms with Gasteiger partial charge in [0.1, 0.15) is 11.5 Å². The van der Waals surface area contributed by atoms with E-state index >= 15 is 0 Å². The van der Waals surface area contributed by atoms with E-state index in [1.165, 1.54) is 32.4 Å². The van der Waals surface area contributed by atoms with E-state index in [4.69, 9.17) is 9.47 Å². The molecule has 0 atom stereocenters. The minimum Gasteiger partial charge on any atom is -0.497 e. The van der Waals surface area contributed by atoms with Crippen LogP contribution < -0.4 is 14.8 Å². The van der Waals surface area contributed by atoms with Gasteiger partial charge in [0.05, 0.1) is 29.3 Å². The van der Waals surface area contributed by atoms with Crippen LogP contribution in [0.25, 0.3) is 0 Å². The Balaban J connectivity index is 2.32. The molecule has 1 amide bonds. The second kappa shape index (κ2) is 7.10. The molecule has 23 heavy (non-hydrogen) atoms. The SMILES string of the molecule is COc1ccc(OC)c(NC(=O)c2ccc(Br)c([N+](=O)[O-])c2)c1. The van der Waals surface area contributed by atoms with Gasteiger partial charge in [-0.2, -0.15) is 0 Å². The molecule has 0 aromatic heterocycles. The van der Waals surface area contributed by atoms with Gasteiger partial charge < -0.3 is 14.8 Å². The van der Waals surface area contributed by atoms with Crippen molar-refractivity contribution in [1.29, 1.82) is 0 Å². The van der Waals surface area contributed by atoms with Gasteiger partial charge in [-0.3, -0.25) is 14.9 Å². The molecule has 8 heteroatoms. The monoisotopic (exact) mass is 380 g/mol. The Morgan fingerprint density at radius 1 is 1.17 bits per heavy atom. The minimum absolute atomic E-state index is 0.157. The number of nitrogens with zero attached hydrogens (tertiary/aromatic N) is 1. The molecule has 2 rings (SSSR count). The number of anilines is 1. The Morgan fingerprint density at radius 3 is 2.52 bits per heavy atom. The summed E-state index contributed by atoms with van der Waals surface area (Å²) in [6.45, 7) is 0. The molecule has 2 aromatic carbocycles. The van der Waals surface area contributed by atoms with E-state index in [0.717, 1.165) is 0 Å². The van der Waals surface area contributed by atoms with Gasteiger partial charge in [-0.1, -0.05) is 0 Å². The highest BCUT2D eigenvalue weighted by Gasteiger charge is 2.17. The standard InChI is InChI=1S/C15H13BrN2O5/c1-22-10-4-6-14(23-2)12(8-10)17-15(19)9-3-5-11(16)13(7-9)18(20)21/h3-8H,1-2H3,(H,17,19). The Bertz CT molecular complexity index is 764. The van der Waals surface area contributed by atoms with Crippen molar-refractivity contribution in [3.05, 3.63) is 56.5 Å². The highest BCUT2D eigenvalue weighted by molar-refractivity contribution is 9.10. The minimum atomic E-state index is -0.563. The first kappa shape index (κ1) is 16.8. The maximum Gasteiger partial charge on any atom is 0.284 e. The summed E-state index contributed by atoms with van der Waals surface area (Å²) >= 11 is 3.08. The van der Waals surface area contributed by atoms with Crippen molar-refractivity contribution < 1.29 is 19.2 Å². The Hall–Kier alpha value is -2.61. The van der Waals surface area contributed by atoms with Crippen molar-refractivity contribution in [2.75, 3.05) is 19.5 Å². The van der Waals surface area contributed by atoms with Crippen molar-refractivity contribution in [1.82, 2.24) is 0 Å². The number of ether oxygens (including phenoxy) is 2. The Kier molecular flexibility index (Phi) is 5.17. The van der Waals surface area contributed by atoms with Crippen molar-refractivity contribution >= 4 is 33.2 Å². The summed E-state index contributed by atoms with van der Waals surface area (Å²) in [7, 11) is 2.98. The van der Waals surface area contributed by atoms with E-state index < -0.39 is 10.8 Å². The average molecular weight is 381 g/mol. The molecule has 2 aromatic rings. The first-order chi connectivity index (χ1) is 11.0. The maximum absolute atomic E-state index is 12.3. The van der Waals surface area contributed by atoms with E-state index in [0.29, 0.717) is 21.7 Å². The van der Waals surface area contributed by atoms with Crippen LogP contribution in [0.3, 0.4) is 0 Å². The molecule has 0 heterocycles. The number of hydrogen-bond donors (Lipinski definition) is 1. The number of nitro benzene ring substituents is 1. The lowest BCUT2D eigenvalue weighted by molar-refractivity contribution is -0.385. The summed E-state index contributed by atoms with van der Waals surface area (Å²) in [6.07, 6.45) is 0. The molecule has 0 saturated heterocycles. The van der Waals surface area contributed by atoms with Gasteiger partial charge in [0, 0.05) is 17.7 Å². The third kappa shape index (κ3) is 3.78. The third-order valence-corrected chi connectivity index (χ3v) is 3.73. The van der Waals surface area contributed by atoms with Crippen LogP contribution >= 0.6 is 15.9 Å². The fourth-order valence-corrected chi connectivity index (χ4v) is 2.29. The number of benzene rings is 2. The van der Waals surface area contributed by atoms with Crippen LogP contribution in [0.15, 0.2) is 40.9 Å². The molecule has 0 radical (unpaired) electrons. The summed E-state index contributed by atoms with van der Waals surface area (Å²) in [5.41, 5.74) is 0.377. The molecule has 0 bridgehead atoms. The molecule has 0 spiro atoms. The Morgan fingerprint density at radius 2 is 1.91 bits per heavy atom. The van der Waals surface area contributed by atoms with Gasteiger partial charge in [0.15, 0.2) is 0 Å². The number of hydrogen-bond acceptors (Lipinski definition) is 5. The van der Waals surface area contributed by atoms with Gasteiger partial charge >= 0.3 is 0 Å². The van der Waals surface area contributed by atoms with Gasteiger partial charge in [-0.05, 0) is 40.2 Å². The molecular weight excluding hydrogens is 368 g/mol. The summed E-state index contributed by atoms with van der Waals surface area (Å²) < 4.78 is 10.6. The number of carbonyl (C=O) groups is 1. The van der Waals surface area contributed by atoms with Crippen LogP contribution in [-0.2, 0) is 0 Å². The summed E-state index contributed by atoms with van der Waals surface area (Å²) in [6, 6.07) is 9.09. The van der Waals surface area contributed by atoms with Crippen molar-refractivity contribution in [3.8, 4) is 11.5 Å². The van der Waals surface area contributed by atoms with Crippen LogP contribution in [0.1, 0.15) is 10.4 Å². The van der Waals surface area contributed by atoms with Gasteiger partial charge in [-0.15, -0.1) is 0 Å². The predicted octanol–water partition coefficient (Wildman–Crippen LogP) is 3.63. The Labute approximate surface area is 140 Å². The predicted molar refractivity (Wildman–Crippen MR) is 88.3 cm³/mol. The molecule has 1 N–H and O–H groups in total.